The molecule has 1 aromatic rings. The lowest BCUT2D eigenvalue weighted by molar-refractivity contribution is 0.0704. The second kappa shape index (κ2) is 8.96. The van der Waals surface area contributed by atoms with E-state index in [1.54, 1.807) is 19.2 Å². The van der Waals surface area contributed by atoms with E-state index in [0.717, 1.165) is 44.8 Å². The van der Waals surface area contributed by atoms with Crippen LogP contribution in [0.4, 0.5) is 0 Å². The smallest absolute Gasteiger partial charge is 0.254 e. The number of halogens is 1. The quantitative estimate of drug-likeness (QED) is 0.746. The van der Waals surface area contributed by atoms with E-state index in [4.69, 9.17) is 21.1 Å². The minimum Gasteiger partial charge on any atom is -0.493 e. The van der Waals surface area contributed by atoms with Crippen LogP contribution in [-0.2, 0) is 0 Å². The summed E-state index contributed by atoms with van der Waals surface area (Å²) in [5.74, 6) is 1.91. The second-order valence-corrected chi connectivity index (χ2v) is 7.66. The molecule has 2 aliphatic rings. The molecule has 0 unspecified atom stereocenters. The van der Waals surface area contributed by atoms with Gasteiger partial charge in [0.1, 0.15) is 0 Å². The van der Waals surface area contributed by atoms with Crippen LogP contribution in [0.3, 0.4) is 0 Å². The summed E-state index contributed by atoms with van der Waals surface area (Å²) >= 11 is 6.35. The van der Waals surface area contributed by atoms with E-state index in [9.17, 15) is 4.79 Å². The Morgan fingerprint density at radius 3 is 2.62 bits per heavy atom. The summed E-state index contributed by atoms with van der Waals surface area (Å²) in [4.78, 5) is 14.8. The van der Waals surface area contributed by atoms with Gasteiger partial charge in [0.15, 0.2) is 11.5 Å². The third-order valence-corrected chi connectivity index (χ3v) is 5.38. The van der Waals surface area contributed by atoms with Gasteiger partial charge in [-0.3, -0.25) is 4.79 Å². The molecule has 1 saturated heterocycles. The summed E-state index contributed by atoms with van der Waals surface area (Å²) in [5.41, 5.74) is 0.556. The minimum absolute atomic E-state index is 0.00730. The molecule has 1 aliphatic carbocycles. The van der Waals surface area contributed by atoms with Gasteiger partial charge in [0, 0.05) is 24.7 Å². The molecule has 1 amide bonds. The van der Waals surface area contributed by atoms with Gasteiger partial charge in [-0.05, 0) is 56.7 Å². The highest BCUT2D eigenvalue weighted by Gasteiger charge is 2.27. The predicted octanol–water partition coefficient (Wildman–Crippen LogP) is 3.74. The molecule has 1 aromatic carbocycles. The van der Waals surface area contributed by atoms with Gasteiger partial charge in [-0.2, -0.15) is 0 Å². The third-order valence-electron chi connectivity index (χ3n) is 5.10. The number of carbonyl (C=O) groups excluding carboxylic acids is 1. The first kappa shape index (κ1) is 19.3. The molecule has 26 heavy (non-hydrogen) atoms. The van der Waals surface area contributed by atoms with Crippen molar-refractivity contribution in [2.24, 2.45) is 5.92 Å². The van der Waals surface area contributed by atoms with Gasteiger partial charge < -0.3 is 19.7 Å². The Labute approximate surface area is 161 Å². The molecule has 3 rings (SSSR count). The highest BCUT2D eigenvalue weighted by atomic mass is 35.5. The van der Waals surface area contributed by atoms with Crippen molar-refractivity contribution in [3.05, 3.63) is 22.7 Å². The lowest BCUT2D eigenvalue weighted by Gasteiger charge is -2.32. The van der Waals surface area contributed by atoms with Gasteiger partial charge >= 0.3 is 0 Å². The van der Waals surface area contributed by atoms with E-state index in [1.165, 1.54) is 12.8 Å². The van der Waals surface area contributed by atoms with Gasteiger partial charge in [-0.1, -0.05) is 18.5 Å². The van der Waals surface area contributed by atoms with Gasteiger partial charge in [-0.15, -0.1) is 0 Å². The molecule has 6 heteroatoms. The Hall–Kier alpha value is -1.46. The zero-order chi connectivity index (χ0) is 18.5. The zero-order valence-electron chi connectivity index (χ0n) is 15.7. The maximum absolute atomic E-state index is 12.9. The number of rotatable bonds is 8. The van der Waals surface area contributed by atoms with Gasteiger partial charge in [0.25, 0.3) is 5.91 Å². The number of carbonyl (C=O) groups is 1. The number of ether oxygens (including phenoxy) is 2. The average Bonchev–Trinajstić information content (AvgIpc) is 3.49. The average molecular weight is 381 g/mol. The molecule has 0 bridgehead atoms. The van der Waals surface area contributed by atoms with Crippen molar-refractivity contribution in [1.29, 1.82) is 0 Å². The van der Waals surface area contributed by atoms with Gasteiger partial charge in [0.2, 0.25) is 0 Å². The number of nitrogens with one attached hydrogen (secondary N) is 1. The number of likely N-dealkylation sites (tertiary alicyclic amines) is 1. The lowest BCUT2D eigenvalue weighted by Crippen LogP contribution is -2.45. The van der Waals surface area contributed by atoms with Crippen molar-refractivity contribution in [1.82, 2.24) is 10.2 Å². The highest BCUT2D eigenvalue weighted by Crippen LogP contribution is 2.37. The van der Waals surface area contributed by atoms with Crippen molar-refractivity contribution >= 4 is 17.5 Å². The van der Waals surface area contributed by atoms with Crippen LogP contribution in [0.1, 0.15) is 49.4 Å². The molecule has 0 atom stereocenters. The molecular formula is C20H29ClN2O3. The van der Waals surface area contributed by atoms with E-state index >= 15 is 0 Å². The topological polar surface area (TPSA) is 50.8 Å². The monoisotopic (exact) mass is 380 g/mol. The van der Waals surface area contributed by atoms with Crippen LogP contribution in [0.25, 0.3) is 0 Å². The van der Waals surface area contributed by atoms with E-state index in [-0.39, 0.29) is 5.91 Å². The highest BCUT2D eigenvalue weighted by molar-refractivity contribution is 6.32. The van der Waals surface area contributed by atoms with Crippen LogP contribution < -0.4 is 14.8 Å². The van der Waals surface area contributed by atoms with Gasteiger partial charge in [0.05, 0.1) is 18.7 Å². The predicted molar refractivity (Wildman–Crippen MR) is 103 cm³/mol. The van der Waals surface area contributed by atoms with E-state index < -0.39 is 0 Å². The number of nitrogens with zero attached hydrogens (tertiary/aromatic N) is 1. The second-order valence-electron chi connectivity index (χ2n) is 7.26. The van der Waals surface area contributed by atoms with Crippen molar-refractivity contribution in [3.63, 3.8) is 0 Å². The van der Waals surface area contributed by atoms with Crippen molar-refractivity contribution in [2.75, 3.05) is 33.4 Å². The Morgan fingerprint density at radius 1 is 1.27 bits per heavy atom. The molecule has 0 aromatic heterocycles. The van der Waals surface area contributed by atoms with Crippen molar-refractivity contribution < 1.29 is 14.3 Å². The van der Waals surface area contributed by atoms with Crippen molar-refractivity contribution in [2.45, 2.75) is 45.1 Å². The van der Waals surface area contributed by atoms with E-state index in [1.807, 2.05) is 11.8 Å². The lowest BCUT2D eigenvalue weighted by atomic mass is 10.0. The summed E-state index contributed by atoms with van der Waals surface area (Å²) in [6.45, 7) is 5.27. The Morgan fingerprint density at radius 2 is 2.00 bits per heavy atom. The normalized spacial score (nSPS) is 18.0. The van der Waals surface area contributed by atoms with Crippen LogP contribution in [0.15, 0.2) is 12.1 Å². The molecule has 1 saturated carbocycles. The number of hydrogen-bond donors (Lipinski definition) is 1. The van der Waals surface area contributed by atoms with E-state index in [0.29, 0.717) is 34.7 Å². The van der Waals surface area contributed by atoms with Crippen molar-refractivity contribution in [3.8, 4) is 11.5 Å². The summed E-state index contributed by atoms with van der Waals surface area (Å²) < 4.78 is 11.1. The SMILES string of the molecule is CCCOc1c(Cl)cc(C(=O)N2CCC(NCC3CC3)CC2)cc1OC. The summed E-state index contributed by atoms with van der Waals surface area (Å²) in [5, 5.41) is 4.06. The molecule has 1 heterocycles. The maximum Gasteiger partial charge on any atom is 0.254 e. The molecule has 1 N–H and O–H groups in total. The van der Waals surface area contributed by atoms with Crippen LogP contribution >= 0.6 is 11.6 Å². The third kappa shape index (κ3) is 4.83. The zero-order valence-corrected chi connectivity index (χ0v) is 16.5. The van der Waals surface area contributed by atoms with Gasteiger partial charge in [-0.25, -0.2) is 0 Å². The molecule has 1 aliphatic heterocycles. The number of benzene rings is 1. The molecule has 2 fully saturated rings. The fourth-order valence-corrected chi connectivity index (χ4v) is 3.58. The van der Waals surface area contributed by atoms with E-state index in [2.05, 4.69) is 5.32 Å². The standard InChI is InChI=1S/C20H29ClN2O3/c1-3-10-26-19-17(21)11-15(12-18(19)25-2)20(24)23-8-6-16(7-9-23)22-13-14-4-5-14/h11-12,14,16,22H,3-10,13H2,1-2H3. The number of piperidine rings is 1. The first-order chi connectivity index (χ1) is 12.6. The fourth-order valence-electron chi connectivity index (χ4n) is 3.31. The van der Waals surface area contributed by atoms with Crippen LogP contribution in [-0.4, -0.2) is 50.2 Å². The summed E-state index contributed by atoms with van der Waals surface area (Å²) in [6, 6.07) is 3.95. The molecule has 0 spiro atoms. The summed E-state index contributed by atoms with van der Waals surface area (Å²) in [7, 11) is 1.57. The Balaban J connectivity index is 1.61. The number of amides is 1. The maximum atomic E-state index is 12.9. The molecular weight excluding hydrogens is 352 g/mol. The number of hydrogen-bond acceptors (Lipinski definition) is 4. The Bertz CT molecular complexity index is 626. The molecule has 0 radical (unpaired) electrons. The van der Waals surface area contributed by atoms with Crippen LogP contribution in [0, 0.1) is 5.92 Å². The first-order valence-electron chi connectivity index (χ1n) is 9.65. The summed E-state index contributed by atoms with van der Waals surface area (Å²) in [6.07, 6.45) is 5.61. The number of methoxy groups -OCH3 is 1. The molecule has 5 nitrogen and oxygen atoms in total. The largest absolute Gasteiger partial charge is 0.493 e. The fraction of sp³-hybridized carbons (Fsp3) is 0.650. The Kier molecular flexibility index (Phi) is 6.65. The minimum atomic E-state index is 0.00730. The first-order valence-corrected chi connectivity index (χ1v) is 10.0. The van der Waals surface area contributed by atoms with Crippen LogP contribution in [0.5, 0.6) is 11.5 Å². The molecule has 144 valence electrons. The van der Waals surface area contributed by atoms with Crippen LogP contribution in [0.2, 0.25) is 5.02 Å².